The van der Waals surface area contributed by atoms with Gasteiger partial charge in [0.15, 0.2) is 0 Å². The molecule has 0 radical (unpaired) electrons. The molecule has 2 aliphatic rings. The first-order valence-corrected chi connectivity index (χ1v) is 15.5. The first-order valence-electron chi connectivity index (χ1n) is 15.5. The van der Waals surface area contributed by atoms with Crippen LogP contribution in [-0.2, 0) is 16.0 Å². The standard InChI is InChI=1S/C33H38F4N6O3/c1-18(2)43-26(13-15-39-43)31(45)42-29(28(20-7-8-20)21-9-10-21)32(46)40-25-12-11-22(16-24(25)34)19(3)30(44)41-27(33(35,36)37)17-23-6-4-5-14-38-23/h4-6,11-16,18-21,27-29H,7-10,17H2,1-3H3,(H,40,46)(H,41,44)(H,42,45)/t19?,27?,29-/m0/s1. The maximum absolute atomic E-state index is 15.4. The number of hydrogen-bond donors (Lipinski definition) is 3. The van der Waals surface area contributed by atoms with Crippen LogP contribution in [0.3, 0.4) is 0 Å². The third-order valence-corrected chi connectivity index (χ3v) is 8.67. The van der Waals surface area contributed by atoms with E-state index >= 15 is 4.39 Å². The van der Waals surface area contributed by atoms with E-state index < -0.39 is 54.1 Å². The predicted octanol–water partition coefficient (Wildman–Crippen LogP) is 5.56. The smallest absolute Gasteiger partial charge is 0.344 e. The second-order valence-electron chi connectivity index (χ2n) is 12.5. The molecule has 0 saturated heterocycles. The van der Waals surface area contributed by atoms with Crippen molar-refractivity contribution in [2.45, 2.75) is 83.1 Å². The van der Waals surface area contributed by atoms with Crippen molar-refractivity contribution < 1.29 is 31.9 Å². The van der Waals surface area contributed by atoms with E-state index in [4.69, 9.17) is 0 Å². The number of rotatable bonds is 13. The zero-order valence-electron chi connectivity index (χ0n) is 25.9. The van der Waals surface area contributed by atoms with Crippen LogP contribution in [0, 0.1) is 23.6 Å². The van der Waals surface area contributed by atoms with Crippen LogP contribution in [0.5, 0.6) is 0 Å². The second-order valence-corrected chi connectivity index (χ2v) is 12.5. The molecular formula is C33H38F4N6O3. The third kappa shape index (κ3) is 7.91. The lowest BCUT2D eigenvalue weighted by Gasteiger charge is -2.28. The molecule has 3 atom stereocenters. The summed E-state index contributed by atoms with van der Waals surface area (Å²) in [6, 6.07) is 6.66. The fourth-order valence-corrected chi connectivity index (χ4v) is 5.89. The van der Waals surface area contributed by atoms with Gasteiger partial charge in [-0.15, -0.1) is 0 Å². The van der Waals surface area contributed by atoms with Gasteiger partial charge in [-0.25, -0.2) is 4.39 Å². The van der Waals surface area contributed by atoms with Gasteiger partial charge < -0.3 is 16.0 Å². The molecule has 46 heavy (non-hydrogen) atoms. The normalized spacial score (nSPS) is 17.0. The van der Waals surface area contributed by atoms with Crippen LogP contribution in [0.1, 0.15) is 80.2 Å². The number of nitrogens with one attached hydrogen (secondary N) is 3. The van der Waals surface area contributed by atoms with Crippen molar-refractivity contribution in [3.63, 3.8) is 0 Å². The van der Waals surface area contributed by atoms with Gasteiger partial charge in [0.25, 0.3) is 5.91 Å². The molecule has 3 amide bonds. The number of hydrogen-bond acceptors (Lipinski definition) is 5. The van der Waals surface area contributed by atoms with Gasteiger partial charge in [-0.3, -0.25) is 24.0 Å². The van der Waals surface area contributed by atoms with Crippen LogP contribution in [0.15, 0.2) is 54.9 Å². The van der Waals surface area contributed by atoms with Crippen LogP contribution < -0.4 is 16.0 Å². The Labute approximate surface area is 264 Å². The van der Waals surface area contributed by atoms with Gasteiger partial charge in [0, 0.05) is 30.6 Å². The molecule has 2 fully saturated rings. The highest BCUT2D eigenvalue weighted by atomic mass is 19.4. The summed E-state index contributed by atoms with van der Waals surface area (Å²) in [4.78, 5) is 43.8. The van der Waals surface area contributed by atoms with E-state index in [-0.39, 0.29) is 40.7 Å². The lowest BCUT2D eigenvalue weighted by Crippen LogP contribution is -2.50. The van der Waals surface area contributed by atoms with Gasteiger partial charge in [-0.05, 0) is 100 Å². The minimum absolute atomic E-state index is 0.0806. The quantitative estimate of drug-likeness (QED) is 0.211. The number of alkyl halides is 3. The zero-order chi connectivity index (χ0) is 33.2. The van der Waals surface area contributed by atoms with Crippen LogP contribution in [0.25, 0.3) is 0 Å². The summed E-state index contributed by atoms with van der Waals surface area (Å²) in [5, 5.41) is 11.8. The van der Waals surface area contributed by atoms with Crippen molar-refractivity contribution >= 4 is 23.4 Å². The number of anilines is 1. The van der Waals surface area contributed by atoms with Crippen molar-refractivity contribution in [3.8, 4) is 0 Å². The topological polar surface area (TPSA) is 118 Å². The van der Waals surface area contributed by atoms with Gasteiger partial charge in [-0.2, -0.15) is 18.3 Å². The summed E-state index contributed by atoms with van der Waals surface area (Å²) in [6.07, 6.45) is 1.40. The summed E-state index contributed by atoms with van der Waals surface area (Å²) in [5.41, 5.74) is 0.442. The number of halogens is 4. The van der Waals surface area contributed by atoms with E-state index in [9.17, 15) is 27.6 Å². The highest BCUT2D eigenvalue weighted by Gasteiger charge is 2.48. The van der Waals surface area contributed by atoms with Gasteiger partial charge in [0.2, 0.25) is 11.8 Å². The molecule has 3 N–H and O–H groups in total. The SMILES string of the molecule is CC(C(=O)NC(Cc1ccccn1)C(F)(F)F)c1ccc(NC(=O)[C@@H](NC(=O)c2ccnn2C(C)C)C(C2CC2)C2CC2)c(F)c1. The molecule has 246 valence electrons. The van der Waals surface area contributed by atoms with Gasteiger partial charge >= 0.3 is 6.18 Å². The first-order chi connectivity index (χ1) is 21.8. The number of amides is 3. The van der Waals surface area contributed by atoms with E-state index in [0.717, 1.165) is 31.7 Å². The molecule has 2 saturated carbocycles. The third-order valence-electron chi connectivity index (χ3n) is 8.67. The molecule has 3 aromatic rings. The van der Waals surface area contributed by atoms with Gasteiger partial charge in [-0.1, -0.05) is 12.1 Å². The molecule has 0 spiro atoms. The molecule has 13 heteroatoms. The summed E-state index contributed by atoms with van der Waals surface area (Å²) in [6.45, 7) is 5.15. The summed E-state index contributed by atoms with van der Waals surface area (Å²) < 4.78 is 58.2. The summed E-state index contributed by atoms with van der Waals surface area (Å²) in [5.74, 6) is -3.47. The summed E-state index contributed by atoms with van der Waals surface area (Å²) >= 11 is 0. The molecule has 9 nitrogen and oxygen atoms in total. The van der Waals surface area contributed by atoms with Crippen LogP contribution in [-0.4, -0.2) is 50.7 Å². The average Bonchev–Trinajstić information content (AvgIpc) is 3.96. The monoisotopic (exact) mass is 642 g/mol. The minimum atomic E-state index is -4.73. The maximum Gasteiger partial charge on any atom is 0.408 e. The van der Waals surface area contributed by atoms with Crippen molar-refractivity contribution in [1.82, 2.24) is 25.4 Å². The molecule has 2 heterocycles. The van der Waals surface area contributed by atoms with Crippen LogP contribution >= 0.6 is 0 Å². The molecule has 1 aromatic carbocycles. The summed E-state index contributed by atoms with van der Waals surface area (Å²) in [7, 11) is 0. The van der Waals surface area contributed by atoms with Crippen molar-refractivity contribution in [1.29, 1.82) is 0 Å². The lowest BCUT2D eigenvalue weighted by molar-refractivity contribution is -0.162. The largest absolute Gasteiger partial charge is 0.408 e. The Morgan fingerprint density at radius 1 is 0.935 bits per heavy atom. The molecule has 5 rings (SSSR count). The van der Waals surface area contributed by atoms with Crippen LogP contribution in [0.4, 0.5) is 23.2 Å². The number of aromatic nitrogens is 3. The Balaban J connectivity index is 1.29. The Hall–Kier alpha value is -4.29. The Morgan fingerprint density at radius 3 is 2.20 bits per heavy atom. The van der Waals surface area contributed by atoms with E-state index in [1.807, 2.05) is 19.2 Å². The number of carbonyl (C=O) groups excluding carboxylic acids is 3. The highest BCUT2D eigenvalue weighted by molar-refractivity contribution is 6.01. The number of carbonyl (C=O) groups is 3. The first kappa shape index (κ1) is 33.1. The molecular weight excluding hydrogens is 604 g/mol. The highest BCUT2D eigenvalue weighted by Crippen LogP contribution is 2.51. The molecule has 2 unspecified atom stereocenters. The van der Waals surface area contributed by atoms with Crippen LogP contribution in [0.2, 0.25) is 0 Å². The zero-order valence-corrected chi connectivity index (χ0v) is 25.9. The van der Waals surface area contributed by atoms with Gasteiger partial charge in [0.05, 0.1) is 11.6 Å². The van der Waals surface area contributed by atoms with E-state index in [1.165, 1.54) is 37.5 Å². The number of benzene rings is 1. The molecule has 2 aromatic heterocycles. The Kier molecular flexibility index (Phi) is 9.78. The fraction of sp³-hybridized carbons (Fsp3) is 0.485. The second kappa shape index (κ2) is 13.6. The number of pyridine rings is 1. The average molecular weight is 643 g/mol. The maximum atomic E-state index is 15.4. The molecule has 0 aliphatic heterocycles. The van der Waals surface area contributed by atoms with E-state index in [0.29, 0.717) is 5.69 Å². The van der Waals surface area contributed by atoms with Crippen molar-refractivity contribution in [2.24, 2.45) is 17.8 Å². The molecule has 2 aliphatic carbocycles. The van der Waals surface area contributed by atoms with Gasteiger partial charge in [0.1, 0.15) is 23.6 Å². The predicted molar refractivity (Wildman–Crippen MR) is 162 cm³/mol. The van der Waals surface area contributed by atoms with E-state index in [1.54, 1.807) is 22.9 Å². The fourth-order valence-electron chi connectivity index (χ4n) is 5.89. The number of nitrogens with zero attached hydrogens (tertiary/aromatic N) is 3. The lowest BCUT2D eigenvalue weighted by atomic mass is 9.88. The van der Waals surface area contributed by atoms with Crippen molar-refractivity contribution in [3.05, 3.63) is 77.6 Å². The van der Waals surface area contributed by atoms with E-state index in [2.05, 4.69) is 20.7 Å². The Bertz CT molecular complexity index is 1540. The molecule has 0 bridgehead atoms. The minimum Gasteiger partial charge on any atom is -0.344 e. The Morgan fingerprint density at radius 2 is 1.63 bits per heavy atom. The van der Waals surface area contributed by atoms with Crippen molar-refractivity contribution in [2.75, 3.05) is 5.32 Å².